The summed E-state index contributed by atoms with van der Waals surface area (Å²) in [6.45, 7) is 17.3. The van der Waals surface area contributed by atoms with E-state index in [1.54, 1.807) is 0 Å². The van der Waals surface area contributed by atoms with Crippen molar-refractivity contribution < 1.29 is 21.7 Å². The van der Waals surface area contributed by atoms with Crippen molar-refractivity contribution in [2.45, 2.75) is 65.7 Å². The van der Waals surface area contributed by atoms with E-state index in [9.17, 15) is 0 Å². The Hall–Kier alpha value is 0.0643. The van der Waals surface area contributed by atoms with Crippen LogP contribution in [0.25, 0.3) is 0 Å². The van der Waals surface area contributed by atoms with E-state index in [0.29, 0.717) is 0 Å². The monoisotopic (exact) mass is 298 g/mol. The van der Waals surface area contributed by atoms with Gasteiger partial charge in [-0.15, -0.1) is 0 Å². The smallest absolute Gasteiger partial charge is 0.343 e. The molecule has 0 bridgehead atoms. The molecule has 0 amide bonds. The number of rotatable bonds is 4. The van der Waals surface area contributed by atoms with Gasteiger partial charge in [-0.1, -0.05) is 46.5 Å². The molecule has 0 heterocycles. The SMILES string of the molecule is [CH2-]CCC.[CH2-]CCC.[CH2-]CCCC.[Ti+4].c1cc[cH-]c1. The molecule has 0 aromatic heterocycles. The maximum absolute atomic E-state index is 3.68. The summed E-state index contributed by atoms with van der Waals surface area (Å²) in [5.74, 6) is 0. The van der Waals surface area contributed by atoms with Crippen molar-refractivity contribution in [1.82, 2.24) is 0 Å². The average Bonchev–Trinajstić information content (AvgIpc) is 2.99. The molecule has 0 N–H and O–H groups in total. The Morgan fingerprint density at radius 2 is 1.11 bits per heavy atom. The summed E-state index contributed by atoms with van der Waals surface area (Å²) in [5.41, 5.74) is 0. The van der Waals surface area contributed by atoms with Crippen LogP contribution < -0.4 is 0 Å². The summed E-state index contributed by atoms with van der Waals surface area (Å²) in [7, 11) is 0. The van der Waals surface area contributed by atoms with Crippen molar-refractivity contribution >= 4 is 0 Å². The van der Waals surface area contributed by atoms with Crippen LogP contribution in [0.4, 0.5) is 0 Å². The van der Waals surface area contributed by atoms with E-state index in [1.807, 2.05) is 30.3 Å². The van der Waals surface area contributed by atoms with Crippen LogP contribution in [0.2, 0.25) is 0 Å². The van der Waals surface area contributed by atoms with Crippen molar-refractivity contribution in [2.24, 2.45) is 0 Å². The third kappa shape index (κ3) is 56.7. The van der Waals surface area contributed by atoms with Gasteiger partial charge >= 0.3 is 21.7 Å². The molecule has 0 spiro atoms. The van der Waals surface area contributed by atoms with Gasteiger partial charge in [-0.25, -0.2) is 12.1 Å². The molecule has 1 heteroatoms. The molecule has 0 aliphatic carbocycles. The molecule has 0 fully saturated rings. The molecular formula is C18H34Ti. The largest absolute Gasteiger partial charge is 4.00 e. The molecule has 1 aromatic carbocycles. The van der Waals surface area contributed by atoms with Crippen LogP contribution in [0.3, 0.4) is 0 Å². The Morgan fingerprint density at radius 1 is 0.737 bits per heavy atom. The van der Waals surface area contributed by atoms with Crippen LogP contribution in [-0.4, -0.2) is 0 Å². The fourth-order valence-corrected chi connectivity index (χ4v) is 0.571. The summed E-state index contributed by atoms with van der Waals surface area (Å²) in [4.78, 5) is 0. The molecule has 1 aromatic rings. The van der Waals surface area contributed by atoms with E-state index in [-0.39, 0.29) is 21.7 Å². The predicted molar refractivity (Wildman–Crippen MR) is 87.4 cm³/mol. The molecule has 0 aliphatic rings. The minimum atomic E-state index is 0. The number of hydrogen-bond acceptors (Lipinski definition) is 0. The zero-order valence-electron chi connectivity index (χ0n) is 13.5. The zero-order valence-corrected chi connectivity index (χ0v) is 15.0. The van der Waals surface area contributed by atoms with Crippen LogP contribution in [-0.2, 0) is 21.7 Å². The molecule has 0 saturated carbocycles. The Morgan fingerprint density at radius 3 is 1.16 bits per heavy atom. The van der Waals surface area contributed by atoms with Crippen LogP contribution in [0.5, 0.6) is 0 Å². The van der Waals surface area contributed by atoms with Gasteiger partial charge in [0.1, 0.15) is 0 Å². The van der Waals surface area contributed by atoms with Crippen LogP contribution >= 0.6 is 0 Å². The average molecular weight is 298 g/mol. The van der Waals surface area contributed by atoms with Gasteiger partial charge in [0.25, 0.3) is 0 Å². The van der Waals surface area contributed by atoms with E-state index in [1.165, 1.54) is 25.7 Å². The first-order chi connectivity index (χ1) is 8.74. The maximum Gasteiger partial charge on any atom is 4.00 e. The van der Waals surface area contributed by atoms with Gasteiger partial charge in [0.15, 0.2) is 0 Å². The van der Waals surface area contributed by atoms with Gasteiger partial charge < -0.3 is 20.8 Å². The Balaban J connectivity index is -0.0000000782. The second kappa shape index (κ2) is 36.1. The third-order valence-corrected chi connectivity index (χ3v) is 1.87. The number of unbranched alkanes of at least 4 members (excludes halogenated alkanes) is 4. The van der Waals surface area contributed by atoms with E-state index in [0.717, 1.165) is 19.3 Å². The summed E-state index contributed by atoms with van der Waals surface area (Å²) < 4.78 is 0. The summed E-state index contributed by atoms with van der Waals surface area (Å²) in [6, 6.07) is 10.0. The quantitative estimate of drug-likeness (QED) is 0.431. The van der Waals surface area contributed by atoms with Gasteiger partial charge in [-0.05, 0) is 0 Å². The first-order valence-electron chi connectivity index (χ1n) is 7.29. The Kier molecular flexibility index (Phi) is 52.1. The third-order valence-electron chi connectivity index (χ3n) is 1.87. The minimum absolute atomic E-state index is 0. The first kappa shape index (κ1) is 27.4. The van der Waals surface area contributed by atoms with Crippen LogP contribution in [0.15, 0.2) is 30.3 Å². The topological polar surface area (TPSA) is 0 Å². The fraction of sp³-hybridized carbons (Fsp3) is 0.556. The van der Waals surface area contributed by atoms with E-state index in [4.69, 9.17) is 0 Å². The van der Waals surface area contributed by atoms with Crippen molar-refractivity contribution in [1.29, 1.82) is 0 Å². The molecule has 0 aliphatic heterocycles. The van der Waals surface area contributed by atoms with E-state index < -0.39 is 0 Å². The van der Waals surface area contributed by atoms with Gasteiger partial charge in [0, 0.05) is 0 Å². The summed E-state index contributed by atoms with van der Waals surface area (Å²) in [5, 5.41) is 0. The first-order valence-corrected chi connectivity index (χ1v) is 7.29. The minimum Gasteiger partial charge on any atom is -0.343 e. The Bertz CT molecular complexity index is 129. The summed E-state index contributed by atoms with van der Waals surface area (Å²) >= 11 is 0. The molecule has 19 heavy (non-hydrogen) atoms. The zero-order chi connectivity index (χ0) is 14.5. The van der Waals surface area contributed by atoms with Gasteiger partial charge in [0.2, 0.25) is 0 Å². The molecular weight excluding hydrogens is 264 g/mol. The second-order valence-electron chi connectivity index (χ2n) is 3.88. The van der Waals surface area contributed by atoms with Gasteiger partial charge in [-0.2, -0.15) is 37.5 Å². The fourth-order valence-electron chi connectivity index (χ4n) is 0.571. The van der Waals surface area contributed by atoms with Crippen molar-refractivity contribution in [3.63, 3.8) is 0 Å². The molecule has 0 radical (unpaired) electrons. The van der Waals surface area contributed by atoms with Crippen LogP contribution in [0, 0.1) is 20.8 Å². The number of hydrogen-bond donors (Lipinski definition) is 0. The molecule has 0 unspecified atom stereocenters. The van der Waals surface area contributed by atoms with E-state index >= 15 is 0 Å². The second-order valence-corrected chi connectivity index (χ2v) is 3.88. The Labute approximate surface area is 138 Å². The standard InChI is InChI=1S/C5H5.C5H11.2C4H9.Ti/c1-2-4-5-3-1;1-3-5-4-2;2*1-3-4-2;/h1-5H;1,3-5H2,2H3;2*1,3-4H2,2H3;/q4*-1;+4. The maximum atomic E-state index is 3.68. The predicted octanol–water partition coefficient (Wildman–Crippen LogP) is 6.65. The molecule has 1 rings (SSSR count). The molecule has 0 nitrogen and oxygen atoms in total. The van der Waals surface area contributed by atoms with Crippen molar-refractivity contribution in [3.05, 3.63) is 51.1 Å². The normalized spacial score (nSPS) is 7.47. The molecule has 110 valence electrons. The van der Waals surface area contributed by atoms with E-state index in [2.05, 4.69) is 41.5 Å². The molecule has 0 saturated heterocycles. The summed E-state index contributed by atoms with van der Waals surface area (Å²) in [6.07, 6.45) is 8.21. The van der Waals surface area contributed by atoms with Crippen molar-refractivity contribution in [3.8, 4) is 0 Å². The van der Waals surface area contributed by atoms with Gasteiger partial charge in [-0.3, -0.25) is 0 Å². The molecule has 0 atom stereocenters. The van der Waals surface area contributed by atoms with Crippen molar-refractivity contribution in [2.75, 3.05) is 0 Å². The van der Waals surface area contributed by atoms with Gasteiger partial charge in [0.05, 0.1) is 0 Å². The van der Waals surface area contributed by atoms with Crippen LogP contribution in [0.1, 0.15) is 65.7 Å².